The lowest BCUT2D eigenvalue weighted by Gasteiger charge is -2.12. The second kappa shape index (κ2) is 8.45. The maximum absolute atomic E-state index is 12.3. The Kier molecular flexibility index (Phi) is 6.05. The van der Waals surface area contributed by atoms with Crippen LogP contribution in [0.3, 0.4) is 0 Å². The second-order valence-corrected chi connectivity index (χ2v) is 7.30. The fourth-order valence-electron chi connectivity index (χ4n) is 2.49. The van der Waals surface area contributed by atoms with Gasteiger partial charge in [0.25, 0.3) is 0 Å². The molecule has 3 rings (SSSR count). The van der Waals surface area contributed by atoms with Crippen LogP contribution in [0.1, 0.15) is 24.0 Å². The number of thiazole rings is 1. The van der Waals surface area contributed by atoms with Crippen molar-refractivity contribution in [2.75, 3.05) is 24.6 Å². The van der Waals surface area contributed by atoms with E-state index in [2.05, 4.69) is 20.5 Å². The SMILES string of the molecule is CCOCc1nnc(N2CC(C(=O)NCCc3cscn3)CC2=O)s1. The highest BCUT2D eigenvalue weighted by molar-refractivity contribution is 7.15. The molecule has 0 aliphatic carbocycles. The monoisotopic (exact) mass is 381 g/mol. The first kappa shape index (κ1) is 17.9. The summed E-state index contributed by atoms with van der Waals surface area (Å²) in [6.07, 6.45) is 0.889. The normalized spacial score (nSPS) is 17.2. The average Bonchev–Trinajstić information content (AvgIpc) is 3.33. The molecule has 0 saturated carbocycles. The maximum atomic E-state index is 12.3. The molecular formula is C15H19N5O3S2. The molecule has 0 bridgehead atoms. The summed E-state index contributed by atoms with van der Waals surface area (Å²) in [4.78, 5) is 30.2. The minimum atomic E-state index is -0.359. The molecule has 0 spiro atoms. The highest BCUT2D eigenvalue weighted by Gasteiger charge is 2.36. The van der Waals surface area contributed by atoms with Crippen molar-refractivity contribution < 1.29 is 14.3 Å². The lowest BCUT2D eigenvalue weighted by atomic mass is 10.1. The molecule has 3 heterocycles. The lowest BCUT2D eigenvalue weighted by molar-refractivity contribution is -0.126. The quantitative estimate of drug-likeness (QED) is 0.739. The second-order valence-electron chi connectivity index (χ2n) is 5.54. The van der Waals surface area contributed by atoms with E-state index in [0.717, 1.165) is 10.7 Å². The van der Waals surface area contributed by atoms with Gasteiger partial charge in [-0.25, -0.2) is 4.98 Å². The van der Waals surface area contributed by atoms with Crippen LogP contribution >= 0.6 is 22.7 Å². The van der Waals surface area contributed by atoms with Crippen molar-refractivity contribution in [3.63, 3.8) is 0 Å². The zero-order chi connectivity index (χ0) is 17.6. The Hall–Kier alpha value is -1.91. The van der Waals surface area contributed by atoms with Gasteiger partial charge in [0.15, 0.2) is 0 Å². The number of amides is 2. The fourth-order valence-corrected chi connectivity index (χ4v) is 3.88. The van der Waals surface area contributed by atoms with Crippen LogP contribution in [0.25, 0.3) is 0 Å². The van der Waals surface area contributed by atoms with Crippen molar-refractivity contribution in [3.05, 3.63) is 21.6 Å². The van der Waals surface area contributed by atoms with E-state index < -0.39 is 0 Å². The predicted octanol–water partition coefficient (Wildman–Crippen LogP) is 1.24. The average molecular weight is 381 g/mol. The molecule has 0 radical (unpaired) electrons. The summed E-state index contributed by atoms with van der Waals surface area (Å²) in [5.74, 6) is -0.564. The zero-order valence-electron chi connectivity index (χ0n) is 13.8. The Morgan fingerprint density at radius 1 is 1.48 bits per heavy atom. The topological polar surface area (TPSA) is 97.3 Å². The summed E-state index contributed by atoms with van der Waals surface area (Å²) < 4.78 is 5.29. The summed E-state index contributed by atoms with van der Waals surface area (Å²) in [5, 5.41) is 14.2. The molecule has 0 aromatic carbocycles. The first-order valence-corrected chi connectivity index (χ1v) is 9.78. The minimum Gasteiger partial charge on any atom is -0.374 e. The minimum absolute atomic E-state index is 0.0984. The van der Waals surface area contributed by atoms with Crippen molar-refractivity contribution in [1.29, 1.82) is 0 Å². The first-order chi connectivity index (χ1) is 12.2. The van der Waals surface area contributed by atoms with Crippen LogP contribution in [0.2, 0.25) is 0 Å². The molecule has 1 saturated heterocycles. The molecule has 134 valence electrons. The third-order valence-electron chi connectivity index (χ3n) is 3.78. The van der Waals surface area contributed by atoms with E-state index in [1.165, 1.54) is 27.6 Å². The molecule has 1 N–H and O–H groups in total. The first-order valence-electron chi connectivity index (χ1n) is 8.02. The molecule has 2 amide bonds. The van der Waals surface area contributed by atoms with Gasteiger partial charge < -0.3 is 10.1 Å². The van der Waals surface area contributed by atoms with Gasteiger partial charge in [0, 0.05) is 37.9 Å². The van der Waals surface area contributed by atoms with E-state index in [1.54, 1.807) is 5.51 Å². The van der Waals surface area contributed by atoms with E-state index in [4.69, 9.17) is 4.74 Å². The largest absolute Gasteiger partial charge is 0.374 e. The van der Waals surface area contributed by atoms with Crippen molar-refractivity contribution in [3.8, 4) is 0 Å². The van der Waals surface area contributed by atoms with Gasteiger partial charge in [-0.05, 0) is 6.92 Å². The number of nitrogens with one attached hydrogen (secondary N) is 1. The van der Waals surface area contributed by atoms with E-state index >= 15 is 0 Å². The third kappa shape index (κ3) is 4.59. The van der Waals surface area contributed by atoms with E-state index in [9.17, 15) is 9.59 Å². The highest BCUT2D eigenvalue weighted by atomic mass is 32.1. The van der Waals surface area contributed by atoms with E-state index in [-0.39, 0.29) is 24.2 Å². The van der Waals surface area contributed by atoms with E-state index in [0.29, 0.717) is 37.9 Å². The van der Waals surface area contributed by atoms with E-state index in [1.807, 2.05) is 12.3 Å². The molecule has 1 atom stereocenters. The highest BCUT2D eigenvalue weighted by Crippen LogP contribution is 2.28. The molecule has 10 heteroatoms. The number of ether oxygens (including phenoxy) is 1. The Labute approximate surface area is 153 Å². The smallest absolute Gasteiger partial charge is 0.229 e. The van der Waals surface area contributed by atoms with Gasteiger partial charge >= 0.3 is 0 Å². The van der Waals surface area contributed by atoms with Gasteiger partial charge in [0.2, 0.25) is 16.9 Å². The zero-order valence-corrected chi connectivity index (χ0v) is 15.4. The standard InChI is InChI=1S/C15H19N5O3S2/c1-2-23-7-12-18-19-15(25-12)20-6-10(5-13(20)21)14(22)16-4-3-11-8-24-9-17-11/h8-10H,2-7H2,1H3,(H,16,22). The number of carbonyl (C=O) groups excluding carboxylic acids is 2. The van der Waals surface area contributed by atoms with Gasteiger partial charge in [0.1, 0.15) is 11.6 Å². The van der Waals surface area contributed by atoms with Gasteiger partial charge in [-0.3, -0.25) is 14.5 Å². The Balaban J connectivity index is 1.51. The van der Waals surface area contributed by atoms with Gasteiger partial charge in [0.05, 0.1) is 17.1 Å². The molecule has 25 heavy (non-hydrogen) atoms. The van der Waals surface area contributed by atoms with Gasteiger partial charge in [-0.2, -0.15) is 0 Å². The predicted molar refractivity (Wildman–Crippen MR) is 94.5 cm³/mol. The van der Waals surface area contributed by atoms with Crippen molar-refractivity contribution >= 4 is 39.6 Å². The Morgan fingerprint density at radius 3 is 3.12 bits per heavy atom. The number of nitrogens with zero attached hydrogens (tertiary/aromatic N) is 4. The molecular weight excluding hydrogens is 362 g/mol. The number of carbonyl (C=O) groups is 2. The summed E-state index contributed by atoms with van der Waals surface area (Å²) in [6.45, 7) is 3.75. The number of rotatable bonds is 8. The third-order valence-corrected chi connectivity index (χ3v) is 5.33. The van der Waals surface area contributed by atoms with Crippen molar-refractivity contribution in [2.24, 2.45) is 5.92 Å². The summed E-state index contributed by atoms with van der Waals surface area (Å²) in [6, 6.07) is 0. The van der Waals surface area contributed by atoms with Crippen molar-refractivity contribution in [2.45, 2.75) is 26.4 Å². The van der Waals surface area contributed by atoms with Crippen LogP contribution in [-0.2, 0) is 27.4 Å². The number of aromatic nitrogens is 3. The molecule has 2 aromatic heterocycles. The molecule has 1 aliphatic heterocycles. The van der Waals surface area contributed by atoms with Gasteiger partial charge in [-0.1, -0.05) is 11.3 Å². The van der Waals surface area contributed by atoms with Crippen LogP contribution in [0.4, 0.5) is 5.13 Å². The van der Waals surface area contributed by atoms with Crippen LogP contribution in [0, 0.1) is 5.92 Å². The molecule has 1 fully saturated rings. The Bertz CT molecular complexity index is 719. The number of hydrogen-bond donors (Lipinski definition) is 1. The number of anilines is 1. The summed E-state index contributed by atoms with van der Waals surface area (Å²) in [7, 11) is 0. The molecule has 1 aliphatic rings. The lowest BCUT2D eigenvalue weighted by Crippen LogP contribution is -2.34. The Morgan fingerprint density at radius 2 is 2.36 bits per heavy atom. The van der Waals surface area contributed by atoms with Crippen LogP contribution < -0.4 is 10.2 Å². The fraction of sp³-hybridized carbons (Fsp3) is 0.533. The van der Waals surface area contributed by atoms with Gasteiger partial charge in [-0.15, -0.1) is 21.5 Å². The van der Waals surface area contributed by atoms with Crippen molar-refractivity contribution in [1.82, 2.24) is 20.5 Å². The van der Waals surface area contributed by atoms with Crippen LogP contribution in [0.15, 0.2) is 10.9 Å². The molecule has 8 nitrogen and oxygen atoms in total. The molecule has 2 aromatic rings. The number of hydrogen-bond acceptors (Lipinski definition) is 8. The molecule has 1 unspecified atom stereocenters. The van der Waals surface area contributed by atoms with Crippen LogP contribution in [0.5, 0.6) is 0 Å². The van der Waals surface area contributed by atoms with Crippen LogP contribution in [-0.4, -0.2) is 46.7 Å². The maximum Gasteiger partial charge on any atom is 0.229 e. The summed E-state index contributed by atoms with van der Waals surface area (Å²) in [5.41, 5.74) is 2.73. The summed E-state index contributed by atoms with van der Waals surface area (Å²) >= 11 is 2.86.